The molecule has 1 aliphatic heterocycles. The van der Waals surface area contributed by atoms with E-state index in [-0.39, 0.29) is 11.1 Å². The fourth-order valence-electron chi connectivity index (χ4n) is 3.06. The van der Waals surface area contributed by atoms with Crippen LogP contribution in [0.15, 0.2) is 42.5 Å². The van der Waals surface area contributed by atoms with Crippen molar-refractivity contribution in [3.05, 3.63) is 65.2 Å². The summed E-state index contributed by atoms with van der Waals surface area (Å²) in [4.78, 5) is 24.9. The Morgan fingerprint density at radius 1 is 0.963 bits per heavy atom. The third kappa shape index (κ3) is 4.49. The minimum absolute atomic E-state index is 0.179. The summed E-state index contributed by atoms with van der Waals surface area (Å²) in [6, 6.07) is 9.24. The van der Waals surface area contributed by atoms with Crippen LogP contribution in [0.25, 0.3) is 0 Å². The maximum Gasteiger partial charge on any atom is 0.258 e. The van der Waals surface area contributed by atoms with Gasteiger partial charge in [0.05, 0.1) is 11.1 Å². The Labute approximate surface area is 156 Å². The third-order valence-corrected chi connectivity index (χ3v) is 4.71. The van der Waals surface area contributed by atoms with Gasteiger partial charge in [-0.15, -0.1) is 0 Å². The molecule has 2 aromatic rings. The first-order valence-electron chi connectivity index (χ1n) is 8.77. The first-order chi connectivity index (χ1) is 12.9. The number of hydrogen-bond acceptors (Lipinski definition) is 3. The summed E-state index contributed by atoms with van der Waals surface area (Å²) in [7, 11) is 0. The molecule has 0 radical (unpaired) electrons. The summed E-state index contributed by atoms with van der Waals surface area (Å²) in [5, 5.41) is 8.59. The minimum atomic E-state index is -0.882. The second kappa shape index (κ2) is 7.84. The highest BCUT2D eigenvalue weighted by molar-refractivity contribution is 6.06. The van der Waals surface area contributed by atoms with Crippen LogP contribution in [0.1, 0.15) is 40.5 Å². The zero-order valence-corrected chi connectivity index (χ0v) is 14.9. The van der Waals surface area contributed by atoms with E-state index in [0.29, 0.717) is 5.69 Å². The van der Waals surface area contributed by atoms with Gasteiger partial charge in [0, 0.05) is 11.2 Å². The van der Waals surface area contributed by atoms with Crippen molar-refractivity contribution in [2.75, 3.05) is 18.4 Å². The first kappa shape index (κ1) is 19.0. The predicted octanol–water partition coefficient (Wildman–Crippen LogP) is 3.09. The van der Waals surface area contributed by atoms with E-state index in [1.54, 1.807) is 0 Å². The third-order valence-electron chi connectivity index (χ3n) is 4.71. The molecular weight excluding hydrogens is 352 g/mol. The number of halogens is 2. The van der Waals surface area contributed by atoms with Crippen LogP contribution in [0.3, 0.4) is 0 Å². The molecule has 0 unspecified atom stereocenters. The molecule has 0 aromatic heterocycles. The highest BCUT2D eigenvalue weighted by atomic mass is 19.1. The molecule has 0 saturated carbocycles. The maximum atomic E-state index is 14.8. The lowest BCUT2D eigenvalue weighted by molar-refractivity contribution is 0.0883. The molecule has 5 nitrogen and oxygen atoms in total. The number of rotatable bonds is 4. The van der Waals surface area contributed by atoms with Crippen molar-refractivity contribution < 1.29 is 18.4 Å². The zero-order chi connectivity index (χ0) is 19.4. The lowest BCUT2D eigenvalue weighted by atomic mass is 9.90. The number of amides is 2. The summed E-state index contributed by atoms with van der Waals surface area (Å²) in [5.41, 5.74) is -0.511. The van der Waals surface area contributed by atoms with Gasteiger partial charge in [-0.25, -0.2) is 8.78 Å². The molecule has 2 aromatic carbocycles. The van der Waals surface area contributed by atoms with Crippen LogP contribution in [-0.2, 0) is 0 Å². The highest BCUT2D eigenvalue weighted by Crippen LogP contribution is 2.20. The van der Waals surface area contributed by atoms with Crippen LogP contribution >= 0.6 is 0 Å². The van der Waals surface area contributed by atoms with Gasteiger partial charge in [-0.2, -0.15) is 0 Å². The van der Waals surface area contributed by atoms with E-state index in [2.05, 4.69) is 16.0 Å². The number of piperidine rings is 1. The fraction of sp³-hybridized carbons (Fsp3) is 0.300. The van der Waals surface area contributed by atoms with E-state index in [9.17, 15) is 18.4 Å². The number of nitrogens with one attached hydrogen (secondary N) is 3. The molecule has 0 spiro atoms. The van der Waals surface area contributed by atoms with Crippen molar-refractivity contribution in [2.24, 2.45) is 0 Å². The van der Waals surface area contributed by atoms with Gasteiger partial charge < -0.3 is 16.0 Å². The van der Waals surface area contributed by atoms with E-state index in [1.165, 1.54) is 42.5 Å². The van der Waals surface area contributed by atoms with Gasteiger partial charge in [0.1, 0.15) is 11.6 Å². The quantitative estimate of drug-likeness (QED) is 0.771. The van der Waals surface area contributed by atoms with Crippen molar-refractivity contribution in [1.29, 1.82) is 0 Å². The van der Waals surface area contributed by atoms with Crippen LogP contribution in [0.5, 0.6) is 0 Å². The molecule has 142 valence electrons. The topological polar surface area (TPSA) is 70.2 Å². The van der Waals surface area contributed by atoms with Crippen molar-refractivity contribution in [2.45, 2.75) is 25.3 Å². The monoisotopic (exact) mass is 373 g/mol. The highest BCUT2D eigenvalue weighted by Gasteiger charge is 2.30. The number of carbonyl (C=O) groups is 2. The van der Waals surface area contributed by atoms with Gasteiger partial charge in [-0.3, -0.25) is 9.59 Å². The Kier molecular flexibility index (Phi) is 5.51. The number of benzene rings is 2. The number of carbonyl (C=O) groups excluding carboxylic acids is 2. The molecule has 7 heteroatoms. The van der Waals surface area contributed by atoms with Gasteiger partial charge in [-0.05, 0) is 69.3 Å². The molecule has 3 N–H and O–H groups in total. The van der Waals surface area contributed by atoms with Crippen LogP contribution in [-0.4, -0.2) is 30.4 Å². The second-order valence-electron chi connectivity index (χ2n) is 6.89. The Balaban J connectivity index is 1.77. The largest absolute Gasteiger partial charge is 0.347 e. The van der Waals surface area contributed by atoms with E-state index in [0.717, 1.165) is 25.9 Å². The Morgan fingerprint density at radius 2 is 1.56 bits per heavy atom. The number of anilines is 1. The van der Waals surface area contributed by atoms with Crippen molar-refractivity contribution >= 4 is 17.5 Å². The van der Waals surface area contributed by atoms with Gasteiger partial charge in [-0.1, -0.05) is 6.07 Å². The van der Waals surface area contributed by atoms with Crippen LogP contribution in [0.2, 0.25) is 0 Å². The fourth-order valence-corrected chi connectivity index (χ4v) is 3.06. The van der Waals surface area contributed by atoms with E-state index < -0.39 is 29.0 Å². The summed E-state index contributed by atoms with van der Waals surface area (Å²) in [6.45, 7) is 3.48. The molecule has 1 heterocycles. The van der Waals surface area contributed by atoms with Gasteiger partial charge >= 0.3 is 0 Å². The van der Waals surface area contributed by atoms with E-state index in [4.69, 9.17) is 0 Å². The van der Waals surface area contributed by atoms with Crippen LogP contribution in [0, 0.1) is 11.6 Å². The number of hydrogen-bond donors (Lipinski definition) is 3. The predicted molar refractivity (Wildman–Crippen MR) is 98.7 cm³/mol. The molecule has 3 rings (SSSR count). The van der Waals surface area contributed by atoms with Crippen molar-refractivity contribution in [1.82, 2.24) is 10.6 Å². The standard InChI is InChI=1S/C20H21F2N3O2/c1-20(9-11-23-12-10-20)25-19(27)16-4-2-3-15(17(16)22)18(26)24-14-7-5-13(21)6-8-14/h2-8,23H,9-12H2,1H3,(H,24,26)(H,25,27). The maximum absolute atomic E-state index is 14.8. The summed E-state index contributed by atoms with van der Waals surface area (Å²) in [5.74, 6) is -2.58. The summed E-state index contributed by atoms with van der Waals surface area (Å²) < 4.78 is 27.8. The summed E-state index contributed by atoms with van der Waals surface area (Å²) >= 11 is 0. The average Bonchev–Trinajstić information content (AvgIpc) is 2.64. The lowest BCUT2D eigenvalue weighted by Crippen LogP contribution is -2.52. The smallest absolute Gasteiger partial charge is 0.258 e. The molecule has 1 fully saturated rings. The van der Waals surface area contributed by atoms with Crippen LogP contribution in [0.4, 0.5) is 14.5 Å². The van der Waals surface area contributed by atoms with Crippen LogP contribution < -0.4 is 16.0 Å². The lowest BCUT2D eigenvalue weighted by Gasteiger charge is -2.35. The minimum Gasteiger partial charge on any atom is -0.347 e. The van der Waals surface area contributed by atoms with Crippen molar-refractivity contribution in [3.63, 3.8) is 0 Å². The molecule has 0 atom stereocenters. The van der Waals surface area contributed by atoms with Crippen molar-refractivity contribution in [3.8, 4) is 0 Å². The Hall–Kier alpha value is -2.80. The first-order valence-corrected chi connectivity index (χ1v) is 8.77. The normalized spacial score (nSPS) is 15.8. The Morgan fingerprint density at radius 3 is 2.19 bits per heavy atom. The zero-order valence-electron chi connectivity index (χ0n) is 14.9. The SMILES string of the molecule is CC1(NC(=O)c2cccc(C(=O)Nc3ccc(F)cc3)c2F)CCNCC1. The molecule has 1 aliphatic rings. The Bertz CT molecular complexity index is 847. The molecule has 1 saturated heterocycles. The molecular formula is C20H21F2N3O2. The van der Waals surface area contributed by atoms with E-state index >= 15 is 0 Å². The van der Waals surface area contributed by atoms with E-state index in [1.807, 2.05) is 6.92 Å². The molecule has 2 amide bonds. The molecule has 27 heavy (non-hydrogen) atoms. The summed E-state index contributed by atoms with van der Waals surface area (Å²) in [6.07, 6.45) is 1.48. The van der Waals surface area contributed by atoms with Gasteiger partial charge in [0.15, 0.2) is 0 Å². The van der Waals surface area contributed by atoms with Gasteiger partial charge in [0.25, 0.3) is 11.8 Å². The second-order valence-corrected chi connectivity index (χ2v) is 6.89. The van der Waals surface area contributed by atoms with Gasteiger partial charge in [0.2, 0.25) is 0 Å². The average molecular weight is 373 g/mol. The molecule has 0 bridgehead atoms. The molecule has 0 aliphatic carbocycles.